The summed E-state index contributed by atoms with van der Waals surface area (Å²) in [6, 6.07) is -0.0814. The van der Waals surface area contributed by atoms with Gasteiger partial charge in [-0.25, -0.2) is 4.79 Å². The van der Waals surface area contributed by atoms with E-state index in [-0.39, 0.29) is 34.8 Å². The molecule has 0 aromatic heterocycles. The Hall–Kier alpha value is -2.39. The highest BCUT2D eigenvalue weighted by molar-refractivity contribution is 8.00. The number of thioether (sulfide) groups is 1. The fraction of sp³-hybridized carbons (Fsp3) is 0.829. The highest BCUT2D eigenvalue weighted by Gasteiger charge is 2.60. The molecule has 0 aliphatic carbocycles. The molecule has 0 saturated carbocycles. The van der Waals surface area contributed by atoms with E-state index >= 15 is 0 Å². The van der Waals surface area contributed by atoms with E-state index in [0.717, 1.165) is 63.9 Å². The Morgan fingerprint density at radius 1 is 0.776 bits per heavy atom. The summed E-state index contributed by atoms with van der Waals surface area (Å²) in [5.74, 6) is 0.931. The number of unbranched alkanes of at least 4 members (excludes halogenated alkanes) is 1. The van der Waals surface area contributed by atoms with Gasteiger partial charge in [0.15, 0.2) is 0 Å². The van der Waals surface area contributed by atoms with Gasteiger partial charge in [0.2, 0.25) is 17.7 Å². The first-order valence-electron chi connectivity index (χ1n) is 18.3. The molecule has 5 N–H and O–H groups in total. The van der Waals surface area contributed by atoms with Gasteiger partial charge in [-0.15, -0.1) is 0 Å². The minimum atomic E-state index is -0.244. The number of hydrogen-bond donors (Lipinski definition) is 5. The molecule has 5 amide bonds. The molecular formula is C35H62N6O7S. The molecule has 3 saturated heterocycles. The number of urea groups is 1. The van der Waals surface area contributed by atoms with E-state index < -0.39 is 0 Å². The molecular weight excluding hydrogens is 648 g/mol. The molecule has 3 aliphatic heterocycles. The summed E-state index contributed by atoms with van der Waals surface area (Å²) in [5, 5.41) is 15.3. The first kappa shape index (κ1) is 41.0. The Morgan fingerprint density at radius 2 is 1.31 bits per heavy atom. The highest BCUT2D eigenvalue weighted by atomic mass is 32.2. The number of carbonyl (C=O) groups excluding carboxylic acids is 4. The zero-order chi connectivity index (χ0) is 35.4. The maximum atomic E-state index is 12.2. The molecule has 14 heteroatoms. The average Bonchev–Trinajstić information content (AvgIpc) is 3.44. The fourth-order valence-electron chi connectivity index (χ4n) is 6.30. The lowest BCUT2D eigenvalue weighted by Crippen LogP contribution is -2.58. The van der Waals surface area contributed by atoms with Crippen LogP contribution in [0.3, 0.4) is 0 Å². The molecule has 3 heterocycles. The van der Waals surface area contributed by atoms with Crippen LogP contribution >= 0.6 is 11.8 Å². The largest absolute Gasteiger partial charge is 0.379 e. The molecule has 13 nitrogen and oxygen atoms in total. The Labute approximate surface area is 297 Å². The van der Waals surface area contributed by atoms with E-state index in [0.29, 0.717) is 96.6 Å². The molecule has 0 bridgehead atoms. The molecule has 3 fully saturated rings. The van der Waals surface area contributed by atoms with Gasteiger partial charge in [-0.1, -0.05) is 18.6 Å². The molecule has 280 valence electrons. The van der Waals surface area contributed by atoms with Gasteiger partial charge >= 0.3 is 6.03 Å². The van der Waals surface area contributed by atoms with E-state index in [1.807, 2.05) is 11.8 Å². The standard InChI is InChI=1S/C35H62N6O7S/c1-28-13-18-41(19-14-28)20-17-38-32(44)12-6-11-31(43)37-16-8-22-47-24-26-48-25-23-46-21-7-15-36-30(42)10-5-4-9-29-35(3)34(2,27-49-29)39-33(45)40-35/h29H,1,4-27H2,2-3H3,(H,36,42)(H,37,43)(H,38,44)(H2,39,40,45)/t29-,34-,35+/m0/s1. The van der Waals surface area contributed by atoms with Gasteiger partial charge in [-0.2, -0.15) is 11.8 Å². The number of ether oxygens (including phenoxy) is 3. The van der Waals surface area contributed by atoms with Crippen LogP contribution in [0.5, 0.6) is 0 Å². The molecule has 0 spiro atoms. The number of likely N-dealkylation sites (tertiary alicyclic amines) is 1. The van der Waals surface area contributed by atoms with Gasteiger partial charge in [-0.3, -0.25) is 14.4 Å². The summed E-state index contributed by atoms with van der Waals surface area (Å²) in [4.78, 5) is 50.4. The van der Waals surface area contributed by atoms with Crippen molar-refractivity contribution < 1.29 is 33.4 Å². The van der Waals surface area contributed by atoms with Crippen molar-refractivity contribution in [2.45, 2.75) is 101 Å². The maximum absolute atomic E-state index is 12.2. The third-order valence-electron chi connectivity index (χ3n) is 9.69. The summed E-state index contributed by atoms with van der Waals surface area (Å²) < 4.78 is 16.6. The van der Waals surface area contributed by atoms with Gasteiger partial charge in [-0.05, 0) is 58.8 Å². The van der Waals surface area contributed by atoms with Crippen LogP contribution in [0.4, 0.5) is 4.79 Å². The zero-order valence-electron chi connectivity index (χ0n) is 30.0. The Kier molecular flexibility index (Phi) is 18.8. The fourth-order valence-corrected chi connectivity index (χ4v) is 8.19. The molecule has 0 unspecified atom stereocenters. The first-order valence-corrected chi connectivity index (χ1v) is 19.3. The average molecular weight is 711 g/mol. The molecule has 3 aliphatic rings. The smallest absolute Gasteiger partial charge is 0.315 e. The lowest BCUT2D eigenvalue weighted by atomic mass is 9.79. The summed E-state index contributed by atoms with van der Waals surface area (Å²) in [5.41, 5.74) is 0.853. The molecule has 3 rings (SSSR count). The monoisotopic (exact) mass is 710 g/mol. The normalized spacial score (nSPS) is 23.5. The Morgan fingerprint density at radius 3 is 1.90 bits per heavy atom. The minimum absolute atomic E-state index is 0.00220. The van der Waals surface area contributed by atoms with Crippen molar-refractivity contribution in [2.24, 2.45) is 0 Å². The van der Waals surface area contributed by atoms with Gasteiger partial charge < -0.3 is 45.7 Å². The van der Waals surface area contributed by atoms with Crippen molar-refractivity contribution in [3.63, 3.8) is 0 Å². The number of amides is 5. The van der Waals surface area contributed by atoms with E-state index in [1.54, 1.807) is 0 Å². The van der Waals surface area contributed by atoms with Crippen molar-refractivity contribution in [3.8, 4) is 0 Å². The zero-order valence-corrected chi connectivity index (χ0v) is 30.8. The Bertz CT molecular complexity index is 1060. The van der Waals surface area contributed by atoms with Crippen molar-refractivity contribution >= 4 is 35.5 Å². The summed E-state index contributed by atoms with van der Waals surface area (Å²) in [7, 11) is 0. The van der Waals surface area contributed by atoms with Crippen LogP contribution in [0.2, 0.25) is 0 Å². The van der Waals surface area contributed by atoms with Crippen molar-refractivity contribution in [1.82, 2.24) is 31.5 Å². The van der Waals surface area contributed by atoms with Crippen LogP contribution in [0.25, 0.3) is 0 Å². The predicted molar refractivity (Wildman–Crippen MR) is 193 cm³/mol. The summed E-state index contributed by atoms with van der Waals surface area (Å²) in [6.45, 7) is 16.0. The van der Waals surface area contributed by atoms with Crippen molar-refractivity contribution in [3.05, 3.63) is 12.2 Å². The molecule has 0 aromatic rings. The van der Waals surface area contributed by atoms with E-state index in [4.69, 9.17) is 14.2 Å². The van der Waals surface area contributed by atoms with Crippen LogP contribution in [-0.2, 0) is 28.6 Å². The van der Waals surface area contributed by atoms with Crippen LogP contribution in [0.1, 0.15) is 84.5 Å². The quantitative estimate of drug-likeness (QED) is 0.0517. The van der Waals surface area contributed by atoms with Crippen molar-refractivity contribution in [1.29, 1.82) is 0 Å². The van der Waals surface area contributed by atoms with Crippen LogP contribution < -0.4 is 26.6 Å². The van der Waals surface area contributed by atoms with Gasteiger partial charge in [0, 0.05) is 82.7 Å². The topological polar surface area (TPSA) is 159 Å². The van der Waals surface area contributed by atoms with E-state index in [2.05, 4.69) is 51.9 Å². The number of nitrogens with one attached hydrogen (secondary N) is 5. The second-order valence-corrected chi connectivity index (χ2v) is 14.9. The lowest BCUT2D eigenvalue weighted by molar-refractivity contribution is -0.123. The van der Waals surface area contributed by atoms with Crippen molar-refractivity contribution in [2.75, 3.05) is 84.7 Å². The number of hydrogen-bond acceptors (Lipinski definition) is 9. The number of fused-ring (bicyclic) bond motifs is 1. The molecule has 3 atom stereocenters. The number of piperidine rings is 1. The second kappa shape index (κ2) is 22.4. The summed E-state index contributed by atoms with van der Waals surface area (Å²) in [6.07, 6.45) is 8.08. The Balaban J connectivity index is 0.996. The van der Waals surface area contributed by atoms with Crippen LogP contribution in [-0.4, -0.2) is 130 Å². The SMILES string of the molecule is C=C1CCN(CCNC(=O)CCCC(=O)NCCCOCCOCCOCCCNC(=O)CCCC[C@@H]2SC[C@]3(C)NC(=O)N[C@]23C)CC1. The van der Waals surface area contributed by atoms with Gasteiger partial charge in [0.25, 0.3) is 0 Å². The number of rotatable bonds is 26. The number of nitrogens with zero attached hydrogens (tertiary/aromatic N) is 1. The third kappa shape index (κ3) is 15.2. The molecule has 0 aromatic carbocycles. The van der Waals surface area contributed by atoms with Crippen LogP contribution in [0.15, 0.2) is 12.2 Å². The minimum Gasteiger partial charge on any atom is -0.379 e. The first-order chi connectivity index (χ1) is 23.6. The van der Waals surface area contributed by atoms with E-state index in [9.17, 15) is 19.2 Å². The third-order valence-corrected chi connectivity index (χ3v) is 11.5. The maximum Gasteiger partial charge on any atom is 0.315 e. The predicted octanol–water partition coefficient (Wildman–Crippen LogP) is 2.49. The summed E-state index contributed by atoms with van der Waals surface area (Å²) >= 11 is 1.90. The molecule has 49 heavy (non-hydrogen) atoms. The molecule has 0 radical (unpaired) electrons. The van der Waals surface area contributed by atoms with Gasteiger partial charge in [0.1, 0.15) is 0 Å². The second-order valence-electron chi connectivity index (χ2n) is 13.7. The van der Waals surface area contributed by atoms with Crippen LogP contribution in [0, 0.1) is 0 Å². The van der Waals surface area contributed by atoms with Gasteiger partial charge in [0.05, 0.1) is 37.5 Å². The number of carbonyl (C=O) groups is 4. The van der Waals surface area contributed by atoms with E-state index in [1.165, 1.54) is 5.57 Å². The lowest BCUT2D eigenvalue weighted by Gasteiger charge is -2.35. The highest BCUT2D eigenvalue weighted by Crippen LogP contribution is 2.47.